The molecule has 0 radical (unpaired) electrons. The Balaban J connectivity index is 2.04. The summed E-state index contributed by atoms with van der Waals surface area (Å²) in [5.41, 5.74) is 0. The molecule has 176 valence electrons. The summed E-state index contributed by atoms with van der Waals surface area (Å²) in [5, 5.41) is 21.6. The Morgan fingerprint density at radius 2 is 1.97 bits per heavy atom. The molecule has 1 heterocycles. The topological polar surface area (TPSA) is 148 Å². The molecular formula is C20H33N3O8. The van der Waals surface area contributed by atoms with Crippen molar-refractivity contribution in [1.29, 1.82) is 0 Å². The van der Waals surface area contributed by atoms with Crippen molar-refractivity contribution < 1.29 is 34.2 Å². The fraction of sp³-hybridized carbons (Fsp3) is 0.850. The second-order valence-electron chi connectivity index (χ2n) is 8.25. The van der Waals surface area contributed by atoms with Crippen molar-refractivity contribution in [2.45, 2.75) is 89.4 Å². The third-order valence-electron chi connectivity index (χ3n) is 6.04. The normalized spacial score (nSPS) is 24.7. The standard InChI is InChI=1S/C20H33N3O8/c1-3-7-15(19(25)26)21-13(2)18(24)22-16-9-5-4-8-14(16)12-17(22)20(27)30-10-6-11-31-23(28)29/h13-17,21H,3-12H2,1-2H3,(H,25,26). The maximum Gasteiger partial charge on any atom is 0.328 e. The molecule has 0 aromatic carbocycles. The van der Waals surface area contributed by atoms with E-state index >= 15 is 0 Å². The number of carbonyl (C=O) groups is 3. The number of carbonyl (C=O) groups excluding carboxylic acids is 2. The van der Waals surface area contributed by atoms with E-state index in [0.717, 1.165) is 25.7 Å². The first-order valence-electron chi connectivity index (χ1n) is 11.0. The molecule has 0 bridgehead atoms. The highest BCUT2D eigenvalue weighted by Crippen LogP contribution is 2.40. The highest BCUT2D eigenvalue weighted by atomic mass is 16.9. The third kappa shape index (κ3) is 6.78. The minimum atomic E-state index is -1.01. The van der Waals surface area contributed by atoms with Crippen molar-refractivity contribution in [2.24, 2.45) is 5.92 Å². The van der Waals surface area contributed by atoms with Gasteiger partial charge < -0.3 is 19.6 Å². The molecule has 2 aliphatic rings. The van der Waals surface area contributed by atoms with Crippen LogP contribution < -0.4 is 5.32 Å². The summed E-state index contributed by atoms with van der Waals surface area (Å²) in [6, 6.07) is -2.37. The lowest BCUT2D eigenvalue weighted by molar-refractivity contribution is -0.757. The average molecular weight is 443 g/mol. The molecule has 11 heteroatoms. The molecular weight excluding hydrogens is 410 g/mol. The van der Waals surface area contributed by atoms with Crippen LogP contribution in [0.3, 0.4) is 0 Å². The van der Waals surface area contributed by atoms with Gasteiger partial charge in [0.15, 0.2) is 0 Å². The minimum Gasteiger partial charge on any atom is -0.480 e. The van der Waals surface area contributed by atoms with Crippen molar-refractivity contribution >= 4 is 17.8 Å². The van der Waals surface area contributed by atoms with E-state index < -0.39 is 35.2 Å². The number of hydrogen-bond acceptors (Lipinski definition) is 8. The minimum absolute atomic E-state index is 0.0358. The van der Waals surface area contributed by atoms with Crippen LogP contribution in [0.5, 0.6) is 0 Å². The van der Waals surface area contributed by atoms with Gasteiger partial charge in [-0.1, -0.05) is 26.2 Å². The molecule has 1 aliphatic heterocycles. The Kier molecular flexibility index (Phi) is 9.47. The number of esters is 1. The number of likely N-dealkylation sites (tertiary alicyclic amines) is 1. The predicted molar refractivity (Wildman–Crippen MR) is 108 cm³/mol. The van der Waals surface area contributed by atoms with Gasteiger partial charge in [-0.3, -0.25) is 14.9 Å². The first-order valence-corrected chi connectivity index (χ1v) is 11.0. The molecule has 1 amide bonds. The summed E-state index contributed by atoms with van der Waals surface area (Å²) in [6.07, 6.45) is 5.52. The largest absolute Gasteiger partial charge is 0.480 e. The lowest BCUT2D eigenvalue weighted by atomic mass is 9.84. The van der Waals surface area contributed by atoms with Gasteiger partial charge in [-0.05, 0) is 38.5 Å². The molecule has 5 atom stereocenters. The molecule has 1 saturated carbocycles. The first-order chi connectivity index (χ1) is 14.8. The van der Waals surface area contributed by atoms with Gasteiger partial charge in [-0.2, -0.15) is 0 Å². The predicted octanol–water partition coefficient (Wildman–Crippen LogP) is 1.52. The van der Waals surface area contributed by atoms with E-state index in [1.807, 2.05) is 6.92 Å². The molecule has 2 N–H and O–H groups in total. The number of amides is 1. The van der Waals surface area contributed by atoms with Crippen LogP contribution in [0.2, 0.25) is 0 Å². The lowest BCUT2D eigenvalue weighted by Gasteiger charge is -2.35. The number of nitrogens with one attached hydrogen (secondary N) is 1. The Bertz CT molecular complexity index is 658. The molecule has 1 aliphatic carbocycles. The monoisotopic (exact) mass is 443 g/mol. The molecule has 2 rings (SSSR count). The summed E-state index contributed by atoms with van der Waals surface area (Å²) in [5.74, 6) is -1.62. The van der Waals surface area contributed by atoms with Crippen molar-refractivity contribution in [2.75, 3.05) is 13.2 Å². The second-order valence-corrected chi connectivity index (χ2v) is 8.25. The zero-order valence-corrected chi connectivity index (χ0v) is 18.2. The van der Waals surface area contributed by atoms with E-state index in [1.54, 1.807) is 11.8 Å². The van der Waals surface area contributed by atoms with Gasteiger partial charge in [0.2, 0.25) is 5.91 Å². The Hall–Kier alpha value is -2.43. The summed E-state index contributed by atoms with van der Waals surface area (Å²) < 4.78 is 5.28. The van der Waals surface area contributed by atoms with E-state index in [1.165, 1.54) is 0 Å². The quantitative estimate of drug-likeness (QED) is 0.198. The number of aliphatic carboxylic acids is 1. The number of rotatable bonds is 12. The zero-order chi connectivity index (χ0) is 23.0. The molecule has 0 aromatic rings. The van der Waals surface area contributed by atoms with Crippen LogP contribution in [0.25, 0.3) is 0 Å². The van der Waals surface area contributed by atoms with E-state index in [-0.39, 0.29) is 37.5 Å². The maximum atomic E-state index is 13.3. The van der Waals surface area contributed by atoms with Crippen LogP contribution in [-0.2, 0) is 24.0 Å². The number of ether oxygens (including phenoxy) is 1. The molecule has 11 nitrogen and oxygen atoms in total. The van der Waals surface area contributed by atoms with Gasteiger partial charge in [-0.25, -0.2) is 4.79 Å². The second kappa shape index (κ2) is 11.8. The van der Waals surface area contributed by atoms with E-state index in [2.05, 4.69) is 10.2 Å². The van der Waals surface area contributed by atoms with Gasteiger partial charge in [-0.15, -0.1) is 10.1 Å². The van der Waals surface area contributed by atoms with Crippen LogP contribution >= 0.6 is 0 Å². The van der Waals surface area contributed by atoms with Gasteiger partial charge >= 0.3 is 11.9 Å². The number of hydrogen-bond donors (Lipinski definition) is 2. The summed E-state index contributed by atoms with van der Waals surface area (Å²) in [4.78, 5) is 53.5. The van der Waals surface area contributed by atoms with Crippen LogP contribution in [0.15, 0.2) is 0 Å². The average Bonchev–Trinajstić information content (AvgIpc) is 3.11. The van der Waals surface area contributed by atoms with Crippen molar-refractivity contribution in [1.82, 2.24) is 10.2 Å². The fourth-order valence-electron chi connectivity index (χ4n) is 4.62. The fourth-order valence-corrected chi connectivity index (χ4v) is 4.62. The van der Waals surface area contributed by atoms with E-state index in [9.17, 15) is 29.6 Å². The smallest absolute Gasteiger partial charge is 0.328 e. The number of nitrogens with zero attached hydrogens (tertiary/aromatic N) is 2. The molecule has 5 unspecified atom stereocenters. The SMILES string of the molecule is CCCC(NC(C)C(=O)N1C(C(=O)OCCCO[N+](=O)[O-])CC2CCCCC21)C(=O)O. The van der Waals surface area contributed by atoms with Crippen molar-refractivity contribution in [3.05, 3.63) is 10.1 Å². The molecule has 0 aromatic heterocycles. The Morgan fingerprint density at radius 3 is 2.61 bits per heavy atom. The van der Waals surface area contributed by atoms with Gasteiger partial charge in [0, 0.05) is 12.5 Å². The van der Waals surface area contributed by atoms with Crippen LogP contribution in [0.4, 0.5) is 0 Å². The van der Waals surface area contributed by atoms with Crippen molar-refractivity contribution in [3.63, 3.8) is 0 Å². The van der Waals surface area contributed by atoms with Crippen LogP contribution in [-0.4, -0.2) is 70.3 Å². The molecule has 2 fully saturated rings. The maximum absolute atomic E-state index is 13.3. The van der Waals surface area contributed by atoms with Crippen molar-refractivity contribution in [3.8, 4) is 0 Å². The van der Waals surface area contributed by atoms with Gasteiger partial charge in [0.05, 0.1) is 19.3 Å². The number of carboxylic acids is 1. The summed E-state index contributed by atoms with van der Waals surface area (Å²) in [6.45, 7) is 3.29. The molecule has 1 saturated heterocycles. The van der Waals surface area contributed by atoms with E-state index in [0.29, 0.717) is 19.3 Å². The zero-order valence-electron chi connectivity index (χ0n) is 18.2. The highest BCUT2D eigenvalue weighted by Gasteiger charge is 2.49. The first kappa shape index (κ1) is 24.8. The Labute approximate surface area is 181 Å². The highest BCUT2D eigenvalue weighted by molar-refractivity contribution is 5.89. The molecule has 0 spiro atoms. The lowest BCUT2D eigenvalue weighted by Crippen LogP contribution is -2.55. The molecule has 31 heavy (non-hydrogen) atoms. The van der Waals surface area contributed by atoms with Gasteiger partial charge in [0.1, 0.15) is 12.1 Å². The number of carboxylic acid groups (broad SMARTS) is 1. The van der Waals surface area contributed by atoms with Crippen LogP contribution in [0.1, 0.15) is 65.2 Å². The number of fused-ring (bicyclic) bond motifs is 1. The third-order valence-corrected chi connectivity index (χ3v) is 6.04. The van der Waals surface area contributed by atoms with Gasteiger partial charge in [0.25, 0.3) is 5.09 Å². The van der Waals surface area contributed by atoms with Crippen LogP contribution in [0, 0.1) is 16.0 Å². The Morgan fingerprint density at radius 1 is 1.26 bits per heavy atom. The van der Waals surface area contributed by atoms with E-state index in [4.69, 9.17) is 4.74 Å². The summed E-state index contributed by atoms with van der Waals surface area (Å²) in [7, 11) is 0. The summed E-state index contributed by atoms with van der Waals surface area (Å²) >= 11 is 0.